The molecule has 0 atom stereocenters. The van der Waals surface area contributed by atoms with Gasteiger partial charge in [-0.2, -0.15) is 5.10 Å². The fraction of sp³-hybridized carbons (Fsp3) is 0.278. The standard InChI is InChI=1S/C18H21N5O/c1-10-8-14-13(6-5-7-16(14)19)17(21-10)18(24)20-9-15-11(2)22-23(4)12(15)3/h5-8H,9,19H2,1-4H3,(H,20,24). The van der Waals surface area contributed by atoms with Crippen molar-refractivity contribution in [2.75, 3.05) is 5.73 Å². The minimum Gasteiger partial charge on any atom is -0.398 e. The molecule has 2 aromatic heterocycles. The van der Waals surface area contributed by atoms with Crippen molar-refractivity contribution in [1.29, 1.82) is 0 Å². The number of nitrogens with one attached hydrogen (secondary N) is 1. The van der Waals surface area contributed by atoms with E-state index in [2.05, 4.69) is 15.4 Å². The Kier molecular flexibility index (Phi) is 3.97. The van der Waals surface area contributed by atoms with Gasteiger partial charge in [0.25, 0.3) is 5.91 Å². The zero-order chi connectivity index (χ0) is 17.4. The second kappa shape index (κ2) is 5.96. The number of pyridine rings is 1. The number of aromatic nitrogens is 3. The molecule has 1 amide bonds. The van der Waals surface area contributed by atoms with Gasteiger partial charge >= 0.3 is 0 Å². The van der Waals surface area contributed by atoms with Crippen LogP contribution in [0.4, 0.5) is 5.69 Å². The quantitative estimate of drug-likeness (QED) is 0.725. The maximum Gasteiger partial charge on any atom is 0.270 e. The van der Waals surface area contributed by atoms with Gasteiger partial charge in [0.2, 0.25) is 0 Å². The number of aryl methyl sites for hydroxylation is 3. The highest BCUT2D eigenvalue weighted by Gasteiger charge is 2.16. The number of nitrogens with two attached hydrogens (primary N) is 1. The minimum absolute atomic E-state index is 0.211. The van der Waals surface area contributed by atoms with Crippen LogP contribution in [-0.4, -0.2) is 20.7 Å². The fourth-order valence-corrected chi connectivity index (χ4v) is 2.93. The van der Waals surface area contributed by atoms with Crippen LogP contribution in [0.5, 0.6) is 0 Å². The lowest BCUT2D eigenvalue weighted by molar-refractivity contribution is 0.0947. The van der Waals surface area contributed by atoms with Crippen LogP contribution in [0.1, 0.15) is 33.1 Å². The molecule has 0 aliphatic rings. The Bertz CT molecular complexity index is 942. The summed E-state index contributed by atoms with van der Waals surface area (Å²) in [4.78, 5) is 17.1. The predicted molar refractivity (Wildman–Crippen MR) is 94.7 cm³/mol. The number of fused-ring (bicyclic) bond motifs is 1. The van der Waals surface area contributed by atoms with Crippen LogP contribution in [0.15, 0.2) is 24.3 Å². The molecule has 124 valence electrons. The molecule has 0 spiro atoms. The Hall–Kier alpha value is -2.89. The summed E-state index contributed by atoms with van der Waals surface area (Å²) in [6.07, 6.45) is 0. The van der Waals surface area contributed by atoms with Crippen LogP contribution < -0.4 is 11.1 Å². The first-order valence-electron chi connectivity index (χ1n) is 7.81. The molecule has 1 aromatic carbocycles. The van der Waals surface area contributed by atoms with E-state index in [0.29, 0.717) is 17.9 Å². The number of rotatable bonds is 3. The Morgan fingerprint density at radius 3 is 2.67 bits per heavy atom. The maximum atomic E-state index is 12.7. The third-order valence-corrected chi connectivity index (χ3v) is 4.34. The summed E-state index contributed by atoms with van der Waals surface area (Å²) in [5.41, 5.74) is 10.8. The fourth-order valence-electron chi connectivity index (χ4n) is 2.93. The van der Waals surface area contributed by atoms with Gasteiger partial charge in [0, 0.05) is 47.0 Å². The van der Waals surface area contributed by atoms with Crippen LogP contribution in [0, 0.1) is 20.8 Å². The van der Waals surface area contributed by atoms with Crippen molar-refractivity contribution >= 4 is 22.4 Å². The van der Waals surface area contributed by atoms with Crippen molar-refractivity contribution in [3.63, 3.8) is 0 Å². The first kappa shape index (κ1) is 16.0. The van der Waals surface area contributed by atoms with Crippen molar-refractivity contribution in [2.45, 2.75) is 27.3 Å². The molecule has 3 N–H and O–H groups in total. The number of amides is 1. The van der Waals surface area contributed by atoms with Crippen LogP contribution in [0.2, 0.25) is 0 Å². The second-order valence-corrected chi connectivity index (χ2v) is 6.01. The van der Waals surface area contributed by atoms with Crippen molar-refractivity contribution in [2.24, 2.45) is 7.05 Å². The van der Waals surface area contributed by atoms with Crippen LogP contribution >= 0.6 is 0 Å². The normalized spacial score (nSPS) is 11.0. The molecule has 0 bridgehead atoms. The van der Waals surface area contributed by atoms with Gasteiger partial charge in [0.05, 0.1) is 5.69 Å². The topological polar surface area (TPSA) is 85.8 Å². The highest BCUT2D eigenvalue weighted by Crippen LogP contribution is 2.24. The third-order valence-electron chi connectivity index (χ3n) is 4.34. The molecule has 6 nitrogen and oxygen atoms in total. The molecule has 3 aromatic rings. The van der Waals surface area contributed by atoms with Crippen molar-refractivity contribution in [3.8, 4) is 0 Å². The molecular formula is C18H21N5O. The number of hydrogen-bond acceptors (Lipinski definition) is 4. The summed E-state index contributed by atoms with van der Waals surface area (Å²) in [6, 6.07) is 7.43. The van der Waals surface area contributed by atoms with E-state index in [-0.39, 0.29) is 5.91 Å². The van der Waals surface area contributed by atoms with Crippen molar-refractivity contribution in [1.82, 2.24) is 20.1 Å². The number of hydrogen-bond donors (Lipinski definition) is 2. The number of benzene rings is 1. The summed E-state index contributed by atoms with van der Waals surface area (Å²) in [6.45, 7) is 6.21. The van der Waals surface area contributed by atoms with Gasteiger partial charge in [-0.25, -0.2) is 4.98 Å². The first-order chi connectivity index (χ1) is 11.4. The van der Waals surface area contributed by atoms with Crippen LogP contribution in [0.3, 0.4) is 0 Å². The molecule has 3 rings (SSSR count). The van der Waals surface area contributed by atoms with E-state index in [4.69, 9.17) is 5.73 Å². The smallest absolute Gasteiger partial charge is 0.270 e. The molecular weight excluding hydrogens is 302 g/mol. The van der Waals surface area contributed by atoms with E-state index < -0.39 is 0 Å². The third kappa shape index (κ3) is 2.71. The summed E-state index contributed by atoms with van der Waals surface area (Å²) in [5, 5.41) is 8.94. The average Bonchev–Trinajstić information content (AvgIpc) is 2.78. The van der Waals surface area contributed by atoms with Gasteiger partial charge in [0.1, 0.15) is 5.69 Å². The molecule has 0 saturated heterocycles. The van der Waals surface area contributed by atoms with E-state index in [0.717, 1.165) is 33.4 Å². The molecule has 0 saturated carbocycles. The zero-order valence-electron chi connectivity index (χ0n) is 14.3. The SMILES string of the molecule is Cc1cc2c(N)cccc2c(C(=O)NCc2c(C)nn(C)c2C)n1. The number of nitrogens with zero attached hydrogens (tertiary/aromatic N) is 3. The van der Waals surface area contributed by atoms with Gasteiger partial charge in [-0.05, 0) is 32.9 Å². The molecule has 0 radical (unpaired) electrons. The molecule has 2 heterocycles. The average molecular weight is 323 g/mol. The molecule has 24 heavy (non-hydrogen) atoms. The Morgan fingerprint density at radius 2 is 2.00 bits per heavy atom. The Labute approximate surface area is 140 Å². The lowest BCUT2D eigenvalue weighted by atomic mass is 10.1. The van der Waals surface area contributed by atoms with Gasteiger partial charge < -0.3 is 11.1 Å². The van der Waals surface area contributed by atoms with Crippen LogP contribution in [0.25, 0.3) is 10.8 Å². The summed E-state index contributed by atoms with van der Waals surface area (Å²) < 4.78 is 1.82. The van der Waals surface area contributed by atoms with E-state index in [1.807, 2.05) is 56.8 Å². The number of anilines is 1. The summed E-state index contributed by atoms with van der Waals surface area (Å²) in [7, 11) is 1.89. The van der Waals surface area contributed by atoms with E-state index in [1.54, 1.807) is 0 Å². The van der Waals surface area contributed by atoms with Gasteiger partial charge in [-0.15, -0.1) is 0 Å². The summed E-state index contributed by atoms with van der Waals surface area (Å²) >= 11 is 0. The van der Waals surface area contributed by atoms with Crippen LogP contribution in [-0.2, 0) is 13.6 Å². The zero-order valence-corrected chi connectivity index (χ0v) is 14.3. The summed E-state index contributed by atoms with van der Waals surface area (Å²) in [5.74, 6) is -0.211. The van der Waals surface area contributed by atoms with E-state index >= 15 is 0 Å². The van der Waals surface area contributed by atoms with Crippen molar-refractivity contribution in [3.05, 3.63) is 52.6 Å². The Balaban J connectivity index is 1.93. The largest absolute Gasteiger partial charge is 0.398 e. The number of nitrogen functional groups attached to an aromatic ring is 1. The molecule has 0 aliphatic carbocycles. The second-order valence-electron chi connectivity index (χ2n) is 6.01. The van der Waals surface area contributed by atoms with Gasteiger partial charge in [-0.1, -0.05) is 12.1 Å². The highest BCUT2D eigenvalue weighted by molar-refractivity contribution is 6.08. The maximum absolute atomic E-state index is 12.7. The lowest BCUT2D eigenvalue weighted by Gasteiger charge is -2.10. The van der Waals surface area contributed by atoms with E-state index in [9.17, 15) is 4.79 Å². The molecule has 0 aliphatic heterocycles. The number of carbonyl (C=O) groups is 1. The molecule has 6 heteroatoms. The Morgan fingerprint density at radius 1 is 1.25 bits per heavy atom. The van der Waals surface area contributed by atoms with Gasteiger partial charge in [0.15, 0.2) is 0 Å². The highest BCUT2D eigenvalue weighted by atomic mass is 16.1. The van der Waals surface area contributed by atoms with Gasteiger partial charge in [-0.3, -0.25) is 9.48 Å². The van der Waals surface area contributed by atoms with Crippen molar-refractivity contribution < 1.29 is 4.79 Å². The van der Waals surface area contributed by atoms with E-state index in [1.165, 1.54) is 0 Å². The number of carbonyl (C=O) groups excluding carboxylic acids is 1. The minimum atomic E-state index is -0.211. The monoisotopic (exact) mass is 323 g/mol. The lowest BCUT2D eigenvalue weighted by Crippen LogP contribution is -2.25. The molecule has 0 unspecified atom stereocenters. The predicted octanol–water partition coefficient (Wildman–Crippen LogP) is 2.41. The molecule has 0 fully saturated rings. The first-order valence-corrected chi connectivity index (χ1v) is 7.81.